The van der Waals surface area contributed by atoms with Crippen molar-refractivity contribution in [3.63, 3.8) is 0 Å². The molecule has 4 nitrogen and oxygen atoms in total. The number of nitrogens with zero attached hydrogens (tertiary/aromatic N) is 3. The minimum absolute atomic E-state index is 0.769. The van der Waals surface area contributed by atoms with Crippen LogP contribution in [-0.2, 0) is 13.1 Å². The molecule has 0 aliphatic carbocycles. The van der Waals surface area contributed by atoms with Crippen LogP contribution in [0.15, 0.2) is 36.4 Å². The van der Waals surface area contributed by atoms with Crippen molar-refractivity contribution in [2.75, 3.05) is 18.5 Å². The molecule has 0 saturated carbocycles. The smallest absolute Gasteiger partial charge is 0.151 e. The Morgan fingerprint density at radius 3 is 2.40 bits per heavy atom. The van der Waals surface area contributed by atoms with Crippen LogP contribution in [0.25, 0.3) is 0 Å². The quantitative estimate of drug-likeness (QED) is 0.876. The molecular weight excluding hydrogens is 248 g/mol. The second-order valence-electron chi connectivity index (χ2n) is 5.00. The lowest BCUT2D eigenvalue weighted by atomic mass is 10.1. The summed E-state index contributed by atoms with van der Waals surface area (Å²) in [6, 6.07) is 12.6. The molecule has 0 amide bonds. The molecule has 1 heterocycles. The third-order valence-corrected chi connectivity index (χ3v) is 3.19. The van der Waals surface area contributed by atoms with Crippen LogP contribution in [0.2, 0.25) is 0 Å². The summed E-state index contributed by atoms with van der Waals surface area (Å²) in [7, 11) is 2.04. The molecule has 0 spiro atoms. The molecule has 0 atom stereocenters. The third-order valence-electron chi connectivity index (χ3n) is 3.19. The topological polar surface area (TPSA) is 41.0 Å². The molecule has 0 radical (unpaired) electrons. The van der Waals surface area contributed by atoms with E-state index in [9.17, 15) is 0 Å². The van der Waals surface area contributed by atoms with Crippen molar-refractivity contribution in [2.24, 2.45) is 0 Å². The largest absolute Gasteiger partial charge is 0.354 e. The van der Waals surface area contributed by atoms with E-state index in [1.807, 2.05) is 19.2 Å². The van der Waals surface area contributed by atoms with Gasteiger partial charge in [-0.1, -0.05) is 36.8 Å². The highest BCUT2D eigenvalue weighted by atomic mass is 15.2. The Morgan fingerprint density at radius 2 is 1.80 bits per heavy atom. The van der Waals surface area contributed by atoms with Gasteiger partial charge in [-0.05, 0) is 31.2 Å². The van der Waals surface area contributed by atoms with Crippen molar-refractivity contribution in [1.29, 1.82) is 0 Å². The van der Waals surface area contributed by atoms with Gasteiger partial charge in [-0.15, -0.1) is 5.10 Å². The van der Waals surface area contributed by atoms with E-state index in [-0.39, 0.29) is 0 Å². The molecule has 0 saturated heterocycles. The van der Waals surface area contributed by atoms with Crippen molar-refractivity contribution in [1.82, 2.24) is 15.5 Å². The molecule has 0 aliphatic rings. The third kappa shape index (κ3) is 4.03. The zero-order chi connectivity index (χ0) is 14.4. The summed E-state index contributed by atoms with van der Waals surface area (Å²) < 4.78 is 0. The van der Waals surface area contributed by atoms with Crippen molar-refractivity contribution < 1.29 is 0 Å². The average molecular weight is 270 g/mol. The Morgan fingerprint density at radius 1 is 1.05 bits per heavy atom. The number of rotatable bonds is 6. The SMILES string of the molecule is CCNCc1ccc(N(C)Cc2ccc(C)cc2)nn1. The Bertz CT molecular complexity index is 519. The van der Waals surface area contributed by atoms with Crippen molar-refractivity contribution in [2.45, 2.75) is 26.9 Å². The molecule has 1 aromatic carbocycles. The summed E-state index contributed by atoms with van der Waals surface area (Å²) in [6.45, 7) is 6.73. The van der Waals surface area contributed by atoms with E-state index in [0.717, 1.165) is 31.1 Å². The summed E-state index contributed by atoms with van der Waals surface area (Å²) in [5.74, 6) is 0.894. The highest BCUT2D eigenvalue weighted by Crippen LogP contribution is 2.12. The fourth-order valence-corrected chi connectivity index (χ4v) is 1.95. The summed E-state index contributed by atoms with van der Waals surface area (Å²) >= 11 is 0. The summed E-state index contributed by atoms with van der Waals surface area (Å²) in [6.07, 6.45) is 0. The van der Waals surface area contributed by atoms with Gasteiger partial charge in [-0.2, -0.15) is 5.10 Å². The number of hydrogen-bond donors (Lipinski definition) is 1. The molecule has 20 heavy (non-hydrogen) atoms. The van der Waals surface area contributed by atoms with Crippen molar-refractivity contribution in [3.05, 3.63) is 53.2 Å². The van der Waals surface area contributed by atoms with E-state index in [1.54, 1.807) is 0 Å². The van der Waals surface area contributed by atoms with Crippen LogP contribution in [0.1, 0.15) is 23.7 Å². The molecule has 0 fully saturated rings. The van der Waals surface area contributed by atoms with Crippen molar-refractivity contribution >= 4 is 5.82 Å². The van der Waals surface area contributed by atoms with Gasteiger partial charge in [0.1, 0.15) is 0 Å². The van der Waals surface area contributed by atoms with Gasteiger partial charge in [0, 0.05) is 20.1 Å². The Balaban J connectivity index is 1.98. The maximum Gasteiger partial charge on any atom is 0.151 e. The molecule has 4 heteroatoms. The van der Waals surface area contributed by atoms with Crippen LogP contribution in [0, 0.1) is 6.92 Å². The average Bonchev–Trinajstić information content (AvgIpc) is 2.48. The van der Waals surface area contributed by atoms with Gasteiger partial charge in [0.25, 0.3) is 0 Å². The Kier molecular flexibility index (Phi) is 5.07. The lowest BCUT2D eigenvalue weighted by Gasteiger charge is -2.17. The lowest BCUT2D eigenvalue weighted by molar-refractivity contribution is 0.696. The lowest BCUT2D eigenvalue weighted by Crippen LogP contribution is -2.19. The summed E-state index contributed by atoms with van der Waals surface area (Å²) in [5, 5.41) is 11.8. The molecular formula is C16H22N4. The first-order valence-electron chi connectivity index (χ1n) is 6.99. The van der Waals surface area contributed by atoms with Crippen LogP contribution in [0.4, 0.5) is 5.82 Å². The Labute approximate surface area is 120 Å². The molecule has 1 N–H and O–H groups in total. The highest BCUT2D eigenvalue weighted by molar-refractivity contribution is 5.37. The van der Waals surface area contributed by atoms with Gasteiger partial charge >= 0.3 is 0 Å². The van der Waals surface area contributed by atoms with E-state index in [0.29, 0.717) is 0 Å². The minimum Gasteiger partial charge on any atom is -0.354 e. The van der Waals surface area contributed by atoms with Gasteiger partial charge in [-0.25, -0.2) is 0 Å². The molecule has 0 aliphatic heterocycles. The van der Waals surface area contributed by atoms with Crippen LogP contribution in [0.5, 0.6) is 0 Å². The van der Waals surface area contributed by atoms with E-state index in [4.69, 9.17) is 0 Å². The molecule has 0 bridgehead atoms. The minimum atomic E-state index is 0.769. The first-order chi connectivity index (χ1) is 9.69. The fraction of sp³-hybridized carbons (Fsp3) is 0.375. The van der Waals surface area contributed by atoms with Crippen LogP contribution >= 0.6 is 0 Å². The zero-order valence-corrected chi connectivity index (χ0v) is 12.4. The molecule has 1 aromatic heterocycles. The number of benzene rings is 1. The van der Waals surface area contributed by atoms with E-state index >= 15 is 0 Å². The first-order valence-corrected chi connectivity index (χ1v) is 6.99. The normalized spacial score (nSPS) is 10.6. The van der Waals surface area contributed by atoms with E-state index in [1.165, 1.54) is 11.1 Å². The van der Waals surface area contributed by atoms with Gasteiger partial charge in [0.15, 0.2) is 5.82 Å². The number of anilines is 1. The van der Waals surface area contributed by atoms with Crippen LogP contribution in [0.3, 0.4) is 0 Å². The van der Waals surface area contributed by atoms with Gasteiger partial charge in [0.05, 0.1) is 5.69 Å². The first kappa shape index (κ1) is 14.5. The van der Waals surface area contributed by atoms with Gasteiger partial charge in [-0.3, -0.25) is 0 Å². The zero-order valence-electron chi connectivity index (χ0n) is 12.4. The van der Waals surface area contributed by atoms with Crippen molar-refractivity contribution in [3.8, 4) is 0 Å². The molecule has 2 rings (SSSR count). The number of aryl methyl sites for hydroxylation is 1. The number of nitrogens with one attached hydrogen (secondary N) is 1. The van der Waals surface area contributed by atoms with Crippen LogP contribution in [-0.4, -0.2) is 23.8 Å². The fourth-order valence-electron chi connectivity index (χ4n) is 1.95. The number of hydrogen-bond acceptors (Lipinski definition) is 4. The van der Waals surface area contributed by atoms with E-state index in [2.05, 4.69) is 58.5 Å². The second kappa shape index (κ2) is 7.01. The summed E-state index contributed by atoms with van der Waals surface area (Å²) in [5.41, 5.74) is 3.53. The Hall–Kier alpha value is -1.94. The van der Waals surface area contributed by atoms with Gasteiger partial charge in [0.2, 0.25) is 0 Å². The maximum atomic E-state index is 4.28. The second-order valence-corrected chi connectivity index (χ2v) is 5.00. The molecule has 106 valence electrons. The summed E-state index contributed by atoms with van der Waals surface area (Å²) in [4.78, 5) is 2.11. The predicted octanol–water partition coefficient (Wildman–Crippen LogP) is 2.53. The monoisotopic (exact) mass is 270 g/mol. The molecule has 2 aromatic rings. The standard InChI is InChI=1S/C16H22N4/c1-4-17-11-15-9-10-16(19-18-15)20(3)12-14-7-5-13(2)6-8-14/h5-10,17H,4,11-12H2,1-3H3. The predicted molar refractivity (Wildman–Crippen MR) is 82.7 cm³/mol. The van der Waals surface area contributed by atoms with Gasteiger partial charge < -0.3 is 10.2 Å². The highest BCUT2D eigenvalue weighted by Gasteiger charge is 2.04. The van der Waals surface area contributed by atoms with E-state index < -0.39 is 0 Å². The molecule has 0 unspecified atom stereocenters. The maximum absolute atomic E-state index is 4.28. The number of aromatic nitrogens is 2. The van der Waals surface area contributed by atoms with Crippen LogP contribution < -0.4 is 10.2 Å².